The molecule has 2 aliphatic rings. The second-order valence-corrected chi connectivity index (χ2v) is 11.2. The standard InChI is InChI=1S/C30H36N4O4S/c1-21(2)38-26-8-4-23(5-9-26)29(35)33-14-12-22(13-15-33)28-31-27(20-39-28)30(36)34-18-16-32(17-19-34)24-6-10-25(37-3)11-7-24/h4-11,20-22H,12-19H2,1-3H3. The third-order valence-electron chi connectivity index (χ3n) is 7.35. The number of anilines is 1. The first-order valence-electron chi connectivity index (χ1n) is 13.6. The van der Waals surface area contributed by atoms with E-state index >= 15 is 0 Å². The molecule has 1 aromatic heterocycles. The largest absolute Gasteiger partial charge is 0.497 e. The van der Waals surface area contributed by atoms with E-state index in [4.69, 9.17) is 14.5 Å². The summed E-state index contributed by atoms with van der Waals surface area (Å²) in [6.45, 7) is 8.25. The molecular weight excluding hydrogens is 512 g/mol. The molecule has 3 heterocycles. The Bertz CT molecular complexity index is 1260. The highest BCUT2D eigenvalue weighted by atomic mass is 32.1. The normalized spacial score (nSPS) is 16.5. The second kappa shape index (κ2) is 12.1. The Labute approximate surface area is 234 Å². The van der Waals surface area contributed by atoms with Crippen LogP contribution in [0.25, 0.3) is 0 Å². The highest BCUT2D eigenvalue weighted by Crippen LogP contribution is 2.31. The molecule has 0 saturated carbocycles. The van der Waals surface area contributed by atoms with Crippen molar-refractivity contribution in [3.05, 3.63) is 70.2 Å². The number of amides is 2. The molecule has 2 aliphatic heterocycles. The fourth-order valence-electron chi connectivity index (χ4n) is 5.16. The monoisotopic (exact) mass is 548 g/mol. The predicted molar refractivity (Wildman–Crippen MR) is 153 cm³/mol. The fourth-order valence-corrected chi connectivity index (χ4v) is 6.12. The molecular formula is C30H36N4O4S. The van der Waals surface area contributed by atoms with Crippen LogP contribution >= 0.6 is 11.3 Å². The summed E-state index contributed by atoms with van der Waals surface area (Å²) in [5, 5.41) is 2.89. The highest BCUT2D eigenvalue weighted by molar-refractivity contribution is 7.09. The molecule has 2 fully saturated rings. The number of benzene rings is 2. The second-order valence-electron chi connectivity index (χ2n) is 10.3. The van der Waals surface area contributed by atoms with Gasteiger partial charge in [-0.2, -0.15) is 0 Å². The van der Waals surface area contributed by atoms with E-state index in [0.717, 1.165) is 48.1 Å². The summed E-state index contributed by atoms with van der Waals surface area (Å²) in [5.41, 5.74) is 2.36. The molecule has 5 rings (SSSR count). The third kappa shape index (κ3) is 6.36. The minimum Gasteiger partial charge on any atom is -0.497 e. The van der Waals surface area contributed by atoms with Gasteiger partial charge in [0, 0.05) is 61.8 Å². The van der Waals surface area contributed by atoms with Gasteiger partial charge in [0.1, 0.15) is 17.2 Å². The zero-order valence-electron chi connectivity index (χ0n) is 22.8. The third-order valence-corrected chi connectivity index (χ3v) is 8.36. The summed E-state index contributed by atoms with van der Waals surface area (Å²) in [6, 6.07) is 15.4. The molecule has 8 nitrogen and oxygen atoms in total. The molecule has 0 atom stereocenters. The Morgan fingerprint density at radius 3 is 2.08 bits per heavy atom. The van der Waals surface area contributed by atoms with Crippen molar-refractivity contribution in [2.45, 2.75) is 38.7 Å². The van der Waals surface area contributed by atoms with Gasteiger partial charge < -0.3 is 24.2 Å². The van der Waals surface area contributed by atoms with Gasteiger partial charge >= 0.3 is 0 Å². The molecule has 9 heteroatoms. The van der Waals surface area contributed by atoms with Crippen LogP contribution in [0.15, 0.2) is 53.9 Å². The molecule has 0 unspecified atom stereocenters. The van der Waals surface area contributed by atoms with Crippen LogP contribution in [0, 0.1) is 0 Å². The lowest BCUT2D eigenvalue weighted by Crippen LogP contribution is -2.48. The smallest absolute Gasteiger partial charge is 0.273 e. The Hall–Kier alpha value is -3.59. The van der Waals surface area contributed by atoms with Crippen molar-refractivity contribution in [2.75, 3.05) is 51.3 Å². The fraction of sp³-hybridized carbons (Fsp3) is 0.433. The summed E-state index contributed by atoms with van der Waals surface area (Å²) in [7, 11) is 1.66. The number of piperazine rings is 1. The molecule has 206 valence electrons. The Balaban J connectivity index is 1.11. The van der Waals surface area contributed by atoms with Gasteiger partial charge in [-0.05, 0) is 75.2 Å². The number of carbonyl (C=O) groups is 2. The summed E-state index contributed by atoms with van der Waals surface area (Å²) < 4.78 is 10.9. The van der Waals surface area contributed by atoms with Crippen molar-refractivity contribution in [3.63, 3.8) is 0 Å². The number of methoxy groups -OCH3 is 1. The first kappa shape index (κ1) is 27.0. The highest BCUT2D eigenvalue weighted by Gasteiger charge is 2.29. The van der Waals surface area contributed by atoms with Crippen LogP contribution < -0.4 is 14.4 Å². The summed E-state index contributed by atoms with van der Waals surface area (Å²) in [4.78, 5) is 37.0. The van der Waals surface area contributed by atoms with Gasteiger partial charge in [-0.25, -0.2) is 4.98 Å². The van der Waals surface area contributed by atoms with Gasteiger partial charge in [0.25, 0.3) is 11.8 Å². The van der Waals surface area contributed by atoms with Crippen LogP contribution in [-0.2, 0) is 0 Å². The molecule has 0 aliphatic carbocycles. The zero-order valence-corrected chi connectivity index (χ0v) is 23.7. The number of carbonyl (C=O) groups excluding carboxylic acids is 2. The van der Waals surface area contributed by atoms with Crippen LogP contribution in [0.2, 0.25) is 0 Å². The number of thiazole rings is 1. The summed E-state index contributed by atoms with van der Waals surface area (Å²) >= 11 is 1.56. The van der Waals surface area contributed by atoms with Crippen LogP contribution in [0.5, 0.6) is 11.5 Å². The predicted octanol–water partition coefficient (Wildman–Crippen LogP) is 4.92. The van der Waals surface area contributed by atoms with E-state index in [1.165, 1.54) is 0 Å². The molecule has 39 heavy (non-hydrogen) atoms. The number of rotatable bonds is 7. The maximum Gasteiger partial charge on any atom is 0.273 e. The summed E-state index contributed by atoms with van der Waals surface area (Å²) in [5.74, 6) is 1.94. The minimum atomic E-state index is 0.00406. The van der Waals surface area contributed by atoms with Crippen molar-refractivity contribution >= 4 is 28.8 Å². The van der Waals surface area contributed by atoms with Crippen molar-refractivity contribution in [3.8, 4) is 11.5 Å². The first-order chi connectivity index (χ1) is 18.9. The van der Waals surface area contributed by atoms with E-state index in [-0.39, 0.29) is 23.8 Å². The number of hydrogen-bond donors (Lipinski definition) is 0. The van der Waals surface area contributed by atoms with E-state index in [0.29, 0.717) is 37.4 Å². The van der Waals surface area contributed by atoms with Crippen LogP contribution in [0.4, 0.5) is 5.69 Å². The lowest BCUT2D eigenvalue weighted by molar-refractivity contribution is 0.0712. The van der Waals surface area contributed by atoms with Gasteiger partial charge in [-0.3, -0.25) is 9.59 Å². The average Bonchev–Trinajstić information content (AvgIpc) is 3.47. The van der Waals surface area contributed by atoms with E-state index in [2.05, 4.69) is 17.0 Å². The molecule has 2 aromatic carbocycles. The topological polar surface area (TPSA) is 75.2 Å². The van der Waals surface area contributed by atoms with Crippen LogP contribution in [-0.4, -0.2) is 79.1 Å². The van der Waals surface area contributed by atoms with Gasteiger partial charge in [0.15, 0.2) is 0 Å². The number of ether oxygens (including phenoxy) is 2. The summed E-state index contributed by atoms with van der Waals surface area (Å²) in [6.07, 6.45) is 1.80. The van der Waals surface area contributed by atoms with Gasteiger partial charge in [-0.15, -0.1) is 11.3 Å². The van der Waals surface area contributed by atoms with E-state index in [9.17, 15) is 9.59 Å². The van der Waals surface area contributed by atoms with Crippen LogP contribution in [0.1, 0.15) is 58.5 Å². The van der Waals surface area contributed by atoms with Gasteiger partial charge in [0.2, 0.25) is 0 Å². The number of aromatic nitrogens is 1. The van der Waals surface area contributed by atoms with E-state index in [1.807, 2.05) is 65.4 Å². The van der Waals surface area contributed by atoms with Gasteiger partial charge in [-0.1, -0.05) is 0 Å². The SMILES string of the molecule is COc1ccc(N2CCN(C(=O)c3csc(C4CCN(C(=O)c5ccc(OC(C)C)cc5)CC4)n3)CC2)cc1. The molecule has 3 aromatic rings. The molecule has 0 N–H and O–H groups in total. The Morgan fingerprint density at radius 2 is 1.46 bits per heavy atom. The number of nitrogens with zero attached hydrogens (tertiary/aromatic N) is 4. The molecule has 2 amide bonds. The van der Waals surface area contributed by atoms with Crippen molar-refractivity contribution in [1.82, 2.24) is 14.8 Å². The average molecular weight is 549 g/mol. The van der Waals surface area contributed by atoms with Crippen LogP contribution in [0.3, 0.4) is 0 Å². The number of likely N-dealkylation sites (tertiary alicyclic amines) is 1. The number of hydrogen-bond acceptors (Lipinski definition) is 7. The van der Waals surface area contributed by atoms with E-state index < -0.39 is 0 Å². The maximum atomic E-state index is 13.2. The maximum absolute atomic E-state index is 13.2. The molecule has 2 saturated heterocycles. The number of piperidine rings is 1. The molecule has 0 spiro atoms. The quantitative estimate of drug-likeness (QED) is 0.417. The lowest BCUT2D eigenvalue weighted by Gasteiger charge is -2.35. The van der Waals surface area contributed by atoms with E-state index in [1.54, 1.807) is 18.4 Å². The minimum absolute atomic E-state index is 0.00406. The van der Waals surface area contributed by atoms with Crippen molar-refractivity contribution < 1.29 is 19.1 Å². The first-order valence-corrected chi connectivity index (χ1v) is 14.5. The molecule has 0 bridgehead atoms. The van der Waals surface area contributed by atoms with Crippen molar-refractivity contribution in [2.24, 2.45) is 0 Å². The lowest BCUT2D eigenvalue weighted by atomic mass is 9.97. The zero-order chi connectivity index (χ0) is 27.4. The Morgan fingerprint density at radius 1 is 0.846 bits per heavy atom. The van der Waals surface area contributed by atoms with Gasteiger partial charge in [0.05, 0.1) is 18.2 Å². The molecule has 0 radical (unpaired) electrons. The van der Waals surface area contributed by atoms with Crippen molar-refractivity contribution in [1.29, 1.82) is 0 Å². The Kier molecular flexibility index (Phi) is 8.35.